The van der Waals surface area contributed by atoms with E-state index in [0.29, 0.717) is 6.54 Å². The Labute approximate surface area is 206 Å². The third-order valence-corrected chi connectivity index (χ3v) is 5.65. The highest BCUT2D eigenvalue weighted by atomic mass is 127. The molecule has 2 N–H and O–H groups in total. The first-order valence-electron chi connectivity index (χ1n) is 11.0. The fourth-order valence-corrected chi connectivity index (χ4v) is 4.11. The van der Waals surface area contributed by atoms with Gasteiger partial charge in [-0.3, -0.25) is 9.30 Å². The van der Waals surface area contributed by atoms with Gasteiger partial charge < -0.3 is 15.4 Å². The highest BCUT2D eigenvalue weighted by Crippen LogP contribution is 2.31. The van der Waals surface area contributed by atoms with E-state index in [9.17, 15) is 0 Å². The molecule has 8 nitrogen and oxygen atoms in total. The van der Waals surface area contributed by atoms with Crippen molar-refractivity contribution in [3.8, 4) is 5.75 Å². The van der Waals surface area contributed by atoms with Gasteiger partial charge in [0.05, 0.1) is 13.2 Å². The number of likely N-dealkylation sites (tertiary alicyclic amines) is 1. The summed E-state index contributed by atoms with van der Waals surface area (Å²) >= 11 is 0. The van der Waals surface area contributed by atoms with Crippen LogP contribution in [0.3, 0.4) is 0 Å². The van der Waals surface area contributed by atoms with Gasteiger partial charge >= 0.3 is 0 Å². The molecule has 0 saturated carbocycles. The normalized spacial score (nSPS) is 15.4. The van der Waals surface area contributed by atoms with Crippen molar-refractivity contribution >= 4 is 35.6 Å². The van der Waals surface area contributed by atoms with Crippen LogP contribution in [0.1, 0.15) is 37.2 Å². The molecule has 1 fully saturated rings. The summed E-state index contributed by atoms with van der Waals surface area (Å²) in [5.74, 6) is 2.51. The molecule has 3 heterocycles. The SMILES string of the molecule is CCNC(=NCc1nnc2ccccn12)NCC(c1ccccc1OC)N1CCCC1.I. The molecule has 1 aliphatic rings. The van der Waals surface area contributed by atoms with Gasteiger partial charge in [0.25, 0.3) is 0 Å². The van der Waals surface area contributed by atoms with Crippen molar-refractivity contribution in [2.45, 2.75) is 32.4 Å². The maximum absolute atomic E-state index is 5.66. The second kappa shape index (κ2) is 12.0. The lowest BCUT2D eigenvalue weighted by atomic mass is 10.0. The number of fused-ring (bicyclic) bond motifs is 1. The van der Waals surface area contributed by atoms with Crippen molar-refractivity contribution in [1.82, 2.24) is 30.1 Å². The number of para-hydroxylation sites is 1. The lowest BCUT2D eigenvalue weighted by Gasteiger charge is -2.30. The standard InChI is InChI=1S/C23H31N7O.HI/c1-3-24-23(26-17-22-28-27-21-12-6-7-15-30(21)22)25-16-19(29-13-8-9-14-29)18-10-4-5-11-20(18)31-2;/h4-7,10-12,15,19H,3,8-9,13-14,16-17H2,1-2H3,(H2,24,25,26);1H. The molecule has 0 amide bonds. The molecule has 4 rings (SSSR count). The van der Waals surface area contributed by atoms with Crippen molar-refractivity contribution in [3.63, 3.8) is 0 Å². The first-order valence-corrected chi connectivity index (χ1v) is 11.0. The Bertz CT molecular complexity index is 1020. The predicted molar refractivity (Wildman–Crippen MR) is 138 cm³/mol. The van der Waals surface area contributed by atoms with Gasteiger partial charge in [-0.2, -0.15) is 0 Å². The van der Waals surface area contributed by atoms with E-state index in [2.05, 4.69) is 44.8 Å². The predicted octanol–water partition coefficient (Wildman–Crippen LogP) is 3.25. The molecular weight excluding hydrogens is 517 g/mol. The van der Waals surface area contributed by atoms with Gasteiger partial charge in [0.2, 0.25) is 0 Å². The number of hydrogen-bond donors (Lipinski definition) is 2. The average molecular weight is 549 g/mol. The maximum Gasteiger partial charge on any atom is 0.191 e. The van der Waals surface area contributed by atoms with Crippen molar-refractivity contribution < 1.29 is 4.74 Å². The monoisotopic (exact) mass is 549 g/mol. The Hall–Kier alpha value is -2.40. The van der Waals surface area contributed by atoms with Gasteiger partial charge in [0.15, 0.2) is 17.4 Å². The first kappa shape index (κ1) is 24.2. The molecule has 2 aromatic heterocycles. The molecule has 0 spiro atoms. The number of aliphatic imine (C=N–C) groups is 1. The van der Waals surface area contributed by atoms with Crippen LogP contribution >= 0.6 is 24.0 Å². The molecule has 3 aromatic rings. The van der Waals surface area contributed by atoms with E-state index in [1.807, 2.05) is 40.9 Å². The lowest BCUT2D eigenvalue weighted by Crippen LogP contribution is -2.42. The zero-order chi connectivity index (χ0) is 21.5. The lowest BCUT2D eigenvalue weighted by molar-refractivity contribution is 0.239. The van der Waals surface area contributed by atoms with E-state index < -0.39 is 0 Å². The van der Waals surface area contributed by atoms with Crippen molar-refractivity contribution in [2.75, 3.05) is 33.3 Å². The minimum atomic E-state index is 0. The second-order valence-corrected chi connectivity index (χ2v) is 7.62. The van der Waals surface area contributed by atoms with Crippen LogP contribution in [0.25, 0.3) is 5.65 Å². The number of ether oxygens (including phenoxy) is 1. The minimum absolute atomic E-state index is 0. The summed E-state index contributed by atoms with van der Waals surface area (Å²) in [6, 6.07) is 14.4. The van der Waals surface area contributed by atoms with Crippen LogP contribution < -0.4 is 15.4 Å². The number of benzene rings is 1. The molecular formula is C23H32IN7O. The molecule has 1 aromatic carbocycles. The molecule has 172 valence electrons. The van der Waals surface area contributed by atoms with Gasteiger partial charge in [-0.15, -0.1) is 34.2 Å². The third kappa shape index (κ3) is 5.69. The Balaban J connectivity index is 0.00000289. The summed E-state index contributed by atoms with van der Waals surface area (Å²) in [5, 5.41) is 15.4. The highest BCUT2D eigenvalue weighted by Gasteiger charge is 2.26. The average Bonchev–Trinajstić information content (AvgIpc) is 3.48. The van der Waals surface area contributed by atoms with Crippen LogP contribution in [0.15, 0.2) is 53.7 Å². The van der Waals surface area contributed by atoms with E-state index in [-0.39, 0.29) is 30.0 Å². The number of pyridine rings is 1. The molecule has 0 radical (unpaired) electrons. The fourth-order valence-electron chi connectivity index (χ4n) is 4.11. The van der Waals surface area contributed by atoms with Gasteiger partial charge in [0.1, 0.15) is 12.3 Å². The van der Waals surface area contributed by atoms with Crippen molar-refractivity contribution in [3.05, 3.63) is 60.0 Å². The summed E-state index contributed by atoms with van der Waals surface area (Å²) < 4.78 is 7.63. The maximum atomic E-state index is 5.66. The number of aromatic nitrogens is 3. The van der Waals surface area contributed by atoms with Crippen molar-refractivity contribution in [1.29, 1.82) is 0 Å². The zero-order valence-corrected chi connectivity index (χ0v) is 21.0. The van der Waals surface area contributed by atoms with E-state index in [1.54, 1.807) is 7.11 Å². The summed E-state index contributed by atoms with van der Waals surface area (Å²) in [5.41, 5.74) is 2.04. The molecule has 0 bridgehead atoms. The van der Waals surface area contributed by atoms with Crippen LogP contribution in [0.5, 0.6) is 5.75 Å². The number of nitrogens with zero attached hydrogens (tertiary/aromatic N) is 5. The first-order chi connectivity index (χ1) is 15.3. The van der Waals surface area contributed by atoms with Crippen LogP contribution in [-0.2, 0) is 6.54 Å². The van der Waals surface area contributed by atoms with E-state index in [1.165, 1.54) is 18.4 Å². The molecule has 0 aliphatic carbocycles. The molecule has 1 aliphatic heterocycles. The summed E-state index contributed by atoms with van der Waals surface area (Å²) in [4.78, 5) is 7.29. The number of halogens is 1. The Morgan fingerprint density at radius 2 is 1.88 bits per heavy atom. The molecule has 1 unspecified atom stereocenters. The third-order valence-electron chi connectivity index (χ3n) is 5.65. The van der Waals surface area contributed by atoms with Crippen LogP contribution in [0, 0.1) is 0 Å². The Kier molecular flexibility index (Phi) is 9.10. The van der Waals surface area contributed by atoms with Crippen molar-refractivity contribution in [2.24, 2.45) is 4.99 Å². The van der Waals surface area contributed by atoms with E-state index in [4.69, 9.17) is 9.73 Å². The fraction of sp³-hybridized carbons (Fsp3) is 0.435. The number of nitrogens with one attached hydrogen (secondary N) is 2. The number of hydrogen-bond acceptors (Lipinski definition) is 5. The topological polar surface area (TPSA) is 79.1 Å². The number of rotatable bonds is 8. The quantitative estimate of drug-likeness (QED) is 0.255. The molecule has 32 heavy (non-hydrogen) atoms. The van der Waals surface area contributed by atoms with E-state index in [0.717, 1.165) is 49.4 Å². The Morgan fingerprint density at radius 3 is 2.66 bits per heavy atom. The Morgan fingerprint density at radius 1 is 1.09 bits per heavy atom. The second-order valence-electron chi connectivity index (χ2n) is 7.62. The molecule has 1 atom stereocenters. The van der Waals surface area contributed by atoms with Gasteiger partial charge in [-0.25, -0.2) is 4.99 Å². The number of guanidine groups is 1. The summed E-state index contributed by atoms with van der Waals surface area (Å²) in [6.07, 6.45) is 4.44. The molecule has 1 saturated heterocycles. The minimum Gasteiger partial charge on any atom is -0.496 e. The van der Waals surface area contributed by atoms with Gasteiger partial charge in [-0.05, 0) is 51.1 Å². The van der Waals surface area contributed by atoms with Gasteiger partial charge in [-0.1, -0.05) is 24.3 Å². The molecule has 9 heteroatoms. The van der Waals surface area contributed by atoms with E-state index >= 15 is 0 Å². The highest BCUT2D eigenvalue weighted by molar-refractivity contribution is 14.0. The smallest absolute Gasteiger partial charge is 0.191 e. The van der Waals surface area contributed by atoms with Crippen LogP contribution in [0.2, 0.25) is 0 Å². The summed E-state index contributed by atoms with van der Waals surface area (Å²) in [7, 11) is 1.74. The summed E-state index contributed by atoms with van der Waals surface area (Å²) in [6.45, 7) is 6.25. The van der Waals surface area contributed by atoms with Crippen LogP contribution in [-0.4, -0.2) is 58.7 Å². The number of methoxy groups -OCH3 is 1. The van der Waals surface area contributed by atoms with Crippen LogP contribution in [0.4, 0.5) is 0 Å². The van der Waals surface area contributed by atoms with Gasteiger partial charge in [0, 0.05) is 24.8 Å². The largest absolute Gasteiger partial charge is 0.496 e. The zero-order valence-electron chi connectivity index (χ0n) is 18.7.